The van der Waals surface area contributed by atoms with Gasteiger partial charge in [-0.1, -0.05) is 0 Å². The molecule has 11 heavy (non-hydrogen) atoms. The number of hydrogen-bond donors (Lipinski definition) is 0. The van der Waals surface area contributed by atoms with Crippen LogP contribution >= 0.6 is 0 Å². The van der Waals surface area contributed by atoms with E-state index in [1.54, 1.807) is 0 Å². The largest absolute Gasteiger partial charge is 0.292 e. The molecule has 6 nitrogen and oxygen atoms in total. The van der Waals surface area contributed by atoms with Crippen molar-refractivity contribution in [1.82, 2.24) is 0 Å². The Morgan fingerprint density at radius 3 is 1.55 bits per heavy atom. The van der Waals surface area contributed by atoms with Crippen molar-refractivity contribution >= 4 is 0 Å². The highest BCUT2D eigenvalue weighted by Gasteiger charge is 2.88. The van der Waals surface area contributed by atoms with Crippen LogP contribution in [0.5, 0.6) is 0 Å². The summed E-state index contributed by atoms with van der Waals surface area (Å²) >= 11 is 0. The van der Waals surface area contributed by atoms with Crippen molar-refractivity contribution in [2.24, 2.45) is 5.41 Å². The molecule has 0 aliphatic heterocycles. The highest BCUT2D eigenvalue weighted by atomic mass is 16.7. The zero-order valence-electron chi connectivity index (χ0n) is 5.60. The van der Waals surface area contributed by atoms with Crippen LogP contribution < -0.4 is 0 Å². The van der Waals surface area contributed by atoms with Crippen molar-refractivity contribution in [3.8, 4) is 0 Å². The third-order valence-corrected chi connectivity index (χ3v) is 2.65. The molecular weight excluding hydrogens is 152 g/mol. The van der Waals surface area contributed by atoms with Crippen LogP contribution in [0.2, 0.25) is 0 Å². The fourth-order valence-corrected chi connectivity index (χ4v) is 1.83. The standard InChI is InChI=1S/C5H6N2O4/c8-6(9)3-4(7(10)11)5(3)1-2-5/h3-4H,1-2H2/t3-,4-/m0/s1. The Labute approximate surface area is 61.5 Å². The van der Waals surface area contributed by atoms with Crippen molar-refractivity contribution < 1.29 is 9.85 Å². The number of hydrogen-bond acceptors (Lipinski definition) is 4. The summed E-state index contributed by atoms with van der Waals surface area (Å²) in [5.74, 6) is 0. The van der Waals surface area contributed by atoms with Crippen molar-refractivity contribution in [1.29, 1.82) is 0 Å². The second-order valence-corrected chi connectivity index (χ2v) is 3.19. The van der Waals surface area contributed by atoms with Crippen LogP contribution in [0.4, 0.5) is 0 Å². The molecule has 0 radical (unpaired) electrons. The van der Waals surface area contributed by atoms with E-state index in [1.165, 1.54) is 0 Å². The van der Waals surface area contributed by atoms with Gasteiger partial charge in [-0.05, 0) is 12.8 Å². The summed E-state index contributed by atoms with van der Waals surface area (Å²) in [6.45, 7) is 0. The topological polar surface area (TPSA) is 86.3 Å². The molecular formula is C5H6N2O4. The zero-order chi connectivity index (χ0) is 8.22. The Kier molecular flexibility index (Phi) is 0.896. The van der Waals surface area contributed by atoms with Gasteiger partial charge in [0.15, 0.2) is 0 Å². The third-order valence-electron chi connectivity index (χ3n) is 2.65. The molecule has 0 aromatic heterocycles. The molecule has 1 spiro atoms. The summed E-state index contributed by atoms with van der Waals surface area (Å²) in [6, 6.07) is -1.78. The van der Waals surface area contributed by atoms with E-state index in [9.17, 15) is 20.2 Å². The van der Waals surface area contributed by atoms with Gasteiger partial charge in [0, 0.05) is 9.85 Å². The van der Waals surface area contributed by atoms with Crippen LogP contribution in [0.3, 0.4) is 0 Å². The van der Waals surface area contributed by atoms with E-state index in [0.717, 1.165) is 0 Å². The second-order valence-electron chi connectivity index (χ2n) is 3.19. The summed E-state index contributed by atoms with van der Waals surface area (Å²) in [4.78, 5) is 19.4. The first-order valence-corrected chi connectivity index (χ1v) is 3.36. The SMILES string of the molecule is O=[N+]([O-])[C@H]1[C@H]([N+](=O)[O-])C12CC2. The van der Waals surface area contributed by atoms with Gasteiger partial charge in [-0.15, -0.1) is 0 Å². The van der Waals surface area contributed by atoms with Crippen LogP contribution in [0, 0.1) is 25.6 Å². The maximum Gasteiger partial charge on any atom is 0.292 e. The molecule has 0 aromatic carbocycles. The zero-order valence-corrected chi connectivity index (χ0v) is 5.60. The molecule has 0 bridgehead atoms. The monoisotopic (exact) mass is 158 g/mol. The molecule has 0 N–H and O–H groups in total. The Morgan fingerprint density at radius 2 is 1.45 bits per heavy atom. The van der Waals surface area contributed by atoms with Gasteiger partial charge in [0.2, 0.25) is 0 Å². The van der Waals surface area contributed by atoms with E-state index in [4.69, 9.17) is 0 Å². The fraction of sp³-hybridized carbons (Fsp3) is 1.00. The minimum absolute atomic E-state index is 0.513. The molecule has 0 heterocycles. The Bertz CT molecular complexity index is 225. The lowest BCUT2D eigenvalue weighted by Crippen LogP contribution is -2.12. The Morgan fingerprint density at radius 1 is 1.09 bits per heavy atom. The first-order chi connectivity index (χ1) is 5.09. The molecule has 0 unspecified atom stereocenters. The van der Waals surface area contributed by atoms with Crippen LogP contribution in [-0.4, -0.2) is 21.9 Å². The average Bonchev–Trinajstić information content (AvgIpc) is 2.71. The van der Waals surface area contributed by atoms with E-state index in [-0.39, 0.29) is 0 Å². The minimum atomic E-state index is -0.891. The van der Waals surface area contributed by atoms with Gasteiger partial charge in [-0.25, -0.2) is 0 Å². The first kappa shape index (κ1) is 6.51. The number of rotatable bonds is 2. The molecule has 2 rings (SSSR count). The molecule has 6 heteroatoms. The highest BCUT2D eigenvalue weighted by molar-refractivity contribution is 5.22. The van der Waals surface area contributed by atoms with Gasteiger partial charge in [0.05, 0.1) is 0 Å². The smallest absolute Gasteiger partial charge is 0.264 e. The molecule has 2 saturated carbocycles. The summed E-state index contributed by atoms with van der Waals surface area (Å²) in [7, 11) is 0. The average molecular weight is 158 g/mol. The van der Waals surface area contributed by atoms with Crippen LogP contribution in [0.15, 0.2) is 0 Å². The van der Waals surface area contributed by atoms with E-state index in [1.807, 2.05) is 0 Å². The summed E-state index contributed by atoms with van der Waals surface area (Å²) in [6.07, 6.45) is 1.31. The normalized spacial score (nSPS) is 36.7. The van der Waals surface area contributed by atoms with Gasteiger partial charge in [0.1, 0.15) is 5.41 Å². The predicted molar refractivity (Wildman–Crippen MR) is 33.2 cm³/mol. The van der Waals surface area contributed by atoms with Crippen molar-refractivity contribution in [2.45, 2.75) is 24.9 Å². The molecule has 2 fully saturated rings. The van der Waals surface area contributed by atoms with Gasteiger partial charge < -0.3 is 0 Å². The Hall–Kier alpha value is -1.20. The summed E-state index contributed by atoms with van der Waals surface area (Å²) in [5, 5.41) is 20.5. The Balaban J connectivity index is 2.16. The molecule has 0 saturated heterocycles. The highest BCUT2D eigenvalue weighted by Crippen LogP contribution is 2.68. The molecule has 60 valence electrons. The third kappa shape index (κ3) is 0.611. The quantitative estimate of drug-likeness (QED) is 0.420. The van der Waals surface area contributed by atoms with Gasteiger partial charge in [-0.2, -0.15) is 0 Å². The van der Waals surface area contributed by atoms with E-state index < -0.39 is 27.3 Å². The summed E-state index contributed by atoms with van der Waals surface area (Å²) < 4.78 is 0. The molecule has 2 aliphatic carbocycles. The van der Waals surface area contributed by atoms with Crippen molar-refractivity contribution in [3.05, 3.63) is 20.2 Å². The molecule has 0 amide bonds. The van der Waals surface area contributed by atoms with Crippen LogP contribution in [0.25, 0.3) is 0 Å². The number of nitro groups is 2. The maximum atomic E-state index is 10.2. The minimum Gasteiger partial charge on any atom is -0.264 e. The molecule has 2 atom stereocenters. The number of nitrogens with zero attached hydrogens (tertiary/aromatic N) is 2. The van der Waals surface area contributed by atoms with Gasteiger partial charge >= 0.3 is 0 Å². The second kappa shape index (κ2) is 1.51. The molecule has 2 aliphatic rings. The summed E-state index contributed by atoms with van der Waals surface area (Å²) in [5.41, 5.74) is -0.521. The van der Waals surface area contributed by atoms with Crippen LogP contribution in [-0.2, 0) is 0 Å². The van der Waals surface area contributed by atoms with E-state index in [0.29, 0.717) is 12.8 Å². The van der Waals surface area contributed by atoms with Crippen molar-refractivity contribution in [3.63, 3.8) is 0 Å². The van der Waals surface area contributed by atoms with Crippen molar-refractivity contribution in [2.75, 3.05) is 0 Å². The molecule has 0 aromatic rings. The first-order valence-electron chi connectivity index (χ1n) is 3.36. The van der Waals surface area contributed by atoms with E-state index in [2.05, 4.69) is 0 Å². The maximum absolute atomic E-state index is 10.2. The van der Waals surface area contributed by atoms with E-state index >= 15 is 0 Å². The predicted octanol–water partition coefficient (Wildman–Crippen LogP) is 0.0708. The fourth-order valence-electron chi connectivity index (χ4n) is 1.83. The lowest BCUT2D eigenvalue weighted by molar-refractivity contribution is -0.558. The van der Waals surface area contributed by atoms with Gasteiger partial charge in [-0.3, -0.25) is 20.2 Å². The van der Waals surface area contributed by atoms with Gasteiger partial charge in [0.25, 0.3) is 12.1 Å². The van der Waals surface area contributed by atoms with Crippen LogP contribution in [0.1, 0.15) is 12.8 Å². The lowest BCUT2D eigenvalue weighted by atomic mass is 10.4. The lowest BCUT2D eigenvalue weighted by Gasteiger charge is -1.82.